The van der Waals surface area contributed by atoms with E-state index in [0.29, 0.717) is 5.41 Å². The van der Waals surface area contributed by atoms with Gasteiger partial charge in [0.05, 0.1) is 0 Å². The minimum Gasteiger partial charge on any atom is -0.381 e. The molecule has 0 aromatic heterocycles. The predicted octanol–water partition coefficient (Wildman–Crippen LogP) is 1.77. The summed E-state index contributed by atoms with van der Waals surface area (Å²) in [6.07, 6.45) is 4.76. The maximum absolute atomic E-state index is 5.47. The molecule has 3 heteroatoms. The van der Waals surface area contributed by atoms with Crippen molar-refractivity contribution in [3.8, 4) is 0 Å². The van der Waals surface area contributed by atoms with Crippen molar-refractivity contribution in [2.24, 2.45) is 17.1 Å². The lowest BCUT2D eigenvalue weighted by Gasteiger charge is -2.37. The number of rotatable bonds is 7. The SMILES string of the molecule is CC(C)(CNCCCCN)C1CCOCC1. The minimum absolute atomic E-state index is 0.395. The lowest BCUT2D eigenvalue weighted by molar-refractivity contribution is 0.0229. The molecular formula is C13H28N2O. The molecule has 0 aromatic carbocycles. The average molecular weight is 228 g/mol. The van der Waals surface area contributed by atoms with E-state index in [0.717, 1.165) is 45.2 Å². The largest absolute Gasteiger partial charge is 0.381 e. The molecule has 0 radical (unpaired) electrons. The Morgan fingerprint density at radius 3 is 2.56 bits per heavy atom. The first-order valence-corrected chi connectivity index (χ1v) is 6.65. The number of nitrogens with one attached hydrogen (secondary N) is 1. The monoisotopic (exact) mass is 228 g/mol. The number of hydrogen-bond acceptors (Lipinski definition) is 3. The molecule has 1 saturated heterocycles. The second kappa shape index (κ2) is 7.25. The van der Waals surface area contributed by atoms with Gasteiger partial charge in [-0.25, -0.2) is 0 Å². The fraction of sp³-hybridized carbons (Fsp3) is 1.00. The van der Waals surface area contributed by atoms with Crippen molar-refractivity contribution in [2.45, 2.75) is 39.5 Å². The summed E-state index contributed by atoms with van der Waals surface area (Å²) in [5, 5.41) is 3.56. The zero-order valence-corrected chi connectivity index (χ0v) is 10.9. The number of unbranched alkanes of at least 4 members (excludes halogenated alkanes) is 1. The molecule has 0 aromatic rings. The van der Waals surface area contributed by atoms with Gasteiger partial charge in [0.25, 0.3) is 0 Å². The maximum Gasteiger partial charge on any atom is 0.0468 e. The van der Waals surface area contributed by atoms with Crippen LogP contribution in [0.25, 0.3) is 0 Å². The Kier molecular flexibility index (Phi) is 6.32. The first-order chi connectivity index (χ1) is 7.67. The first-order valence-electron chi connectivity index (χ1n) is 6.65. The summed E-state index contributed by atoms with van der Waals surface area (Å²) < 4.78 is 5.42. The van der Waals surface area contributed by atoms with Crippen LogP contribution in [-0.4, -0.2) is 32.8 Å². The van der Waals surface area contributed by atoms with Crippen LogP contribution in [0, 0.1) is 11.3 Å². The van der Waals surface area contributed by atoms with E-state index in [1.807, 2.05) is 0 Å². The summed E-state index contributed by atoms with van der Waals surface area (Å²) in [5.74, 6) is 0.809. The Labute approximate surface area is 100 Å². The molecule has 16 heavy (non-hydrogen) atoms. The zero-order chi connectivity index (χ0) is 11.9. The lowest BCUT2D eigenvalue weighted by Crippen LogP contribution is -2.38. The van der Waals surface area contributed by atoms with Gasteiger partial charge in [0, 0.05) is 19.8 Å². The third-order valence-electron chi connectivity index (χ3n) is 3.71. The lowest BCUT2D eigenvalue weighted by atomic mass is 9.74. The molecule has 3 N–H and O–H groups in total. The van der Waals surface area contributed by atoms with Crippen LogP contribution in [0.15, 0.2) is 0 Å². The molecule has 1 fully saturated rings. The molecule has 0 aliphatic carbocycles. The molecule has 0 saturated carbocycles. The van der Waals surface area contributed by atoms with Crippen molar-refractivity contribution < 1.29 is 4.74 Å². The van der Waals surface area contributed by atoms with Crippen molar-refractivity contribution in [1.29, 1.82) is 0 Å². The molecule has 0 bridgehead atoms. The average Bonchev–Trinajstić information content (AvgIpc) is 2.30. The quantitative estimate of drug-likeness (QED) is 0.653. The number of nitrogens with two attached hydrogens (primary N) is 1. The summed E-state index contributed by atoms with van der Waals surface area (Å²) in [4.78, 5) is 0. The van der Waals surface area contributed by atoms with Gasteiger partial charge in [0.1, 0.15) is 0 Å². The summed E-state index contributed by atoms with van der Waals surface area (Å²) in [5.41, 5.74) is 5.87. The van der Waals surface area contributed by atoms with Gasteiger partial charge in [-0.3, -0.25) is 0 Å². The Hall–Kier alpha value is -0.120. The molecule has 0 atom stereocenters. The Bertz CT molecular complexity index is 177. The zero-order valence-electron chi connectivity index (χ0n) is 10.9. The summed E-state index contributed by atoms with van der Waals surface area (Å²) in [6.45, 7) is 9.66. The fourth-order valence-electron chi connectivity index (χ4n) is 2.43. The van der Waals surface area contributed by atoms with Gasteiger partial charge >= 0.3 is 0 Å². The Balaban J connectivity index is 2.16. The number of ether oxygens (including phenoxy) is 1. The second-order valence-corrected chi connectivity index (χ2v) is 5.55. The molecule has 1 aliphatic rings. The van der Waals surface area contributed by atoms with E-state index >= 15 is 0 Å². The van der Waals surface area contributed by atoms with Gasteiger partial charge in [-0.1, -0.05) is 13.8 Å². The van der Waals surface area contributed by atoms with E-state index in [4.69, 9.17) is 10.5 Å². The Morgan fingerprint density at radius 2 is 1.94 bits per heavy atom. The van der Waals surface area contributed by atoms with Gasteiger partial charge < -0.3 is 15.8 Å². The van der Waals surface area contributed by atoms with Gasteiger partial charge in [-0.05, 0) is 50.1 Å². The first kappa shape index (κ1) is 13.9. The topological polar surface area (TPSA) is 47.3 Å². The smallest absolute Gasteiger partial charge is 0.0468 e. The van der Waals surface area contributed by atoms with Crippen molar-refractivity contribution in [3.63, 3.8) is 0 Å². The predicted molar refractivity (Wildman–Crippen MR) is 68.5 cm³/mol. The van der Waals surface area contributed by atoms with Gasteiger partial charge in [0.15, 0.2) is 0 Å². The Morgan fingerprint density at radius 1 is 1.25 bits per heavy atom. The van der Waals surface area contributed by atoms with Crippen molar-refractivity contribution >= 4 is 0 Å². The molecular weight excluding hydrogens is 200 g/mol. The molecule has 0 unspecified atom stereocenters. The van der Waals surface area contributed by atoms with E-state index in [-0.39, 0.29) is 0 Å². The summed E-state index contributed by atoms with van der Waals surface area (Å²) in [6, 6.07) is 0. The molecule has 0 spiro atoms. The van der Waals surface area contributed by atoms with Gasteiger partial charge in [-0.2, -0.15) is 0 Å². The highest BCUT2D eigenvalue weighted by Crippen LogP contribution is 2.33. The minimum atomic E-state index is 0.395. The van der Waals surface area contributed by atoms with Crippen LogP contribution in [0.3, 0.4) is 0 Å². The number of hydrogen-bond donors (Lipinski definition) is 2. The van der Waals surface area contributed by atoms with E-state index in [1.165, 1.54) is 19.3 Å². The molecule has 1 heterocycles. The third kappa shape index (κ3) is 4.81. The molecule has 96 valence electrons. The van der Waals surface area contributed by atoms with E-state index < -0.39 is 0 Å². The highest BCUT2D eigenvalue weighted by molar-refractivity contribution is 4.82. The summed E-state index contributed by atoms with van der Waals surface area (Å²) in [7, 11) is 0. The molecule has 3 nitrogen and oxygen atoms in total. The summed E-state index contributed by atoms with van der Waals surface area (Å²) >= 11 is 0. The van der Waals surface area contributed by atoms with Crippen molar-refractivity contribution in [3.05, 3.63) is 0 Å². The van der Waals surface area contributed by atoms with Crippen LogP contribution in [0.5, 0.6) is 0 Å². The van der Waals surface area contributed by atoms with Crippen molar-refractivity contribution in [2.75, 3.05) is 32.8 Å². The van der Waals surface area contributed by atoms with E-state index in [1.54, 1.807) is 0 Å². The van der Waals surface area contributed by atoms with Crippen LogP contribution >= 0.6 is 0 Å². The van der Waals surface area contributed by atoms with Crippen LogP contribution in [0.2, 0.25) is 0 Å². The standard InChI is InChI=1S/C13H28N2O/c1-13(2,11-15-8-4-3-7-14)12-5-9-16-10-6-12/h12,15H,3-11,14H2,1-2H3. The van der Waals surface area contributed by atoms with Crippen LogP contribution in [0.4, 0.5) is 0 Å². The van der Waals surface area contributed by atoms with E-state index in [9.17, 15) is 0 Å². The van der Waals surface area contributed by atoms with Gasteiger partial charge in [-0.15, -0.1) is 0 Å². The normalized spacial score (nSPS) is 18.9. The molecule has 0 amide bonds. The van der Waals surface area contributed by atoms with E-state index in [2.05, 4.69) is 19.2 Å². The van der Waals surface area contributed by atoms with Crippen LogP contribution < -0.4 is 11.1 Å². The van der Waals surface area contributed by atoms with Crippen LogP contribution in [0.1, 0.15) is 39.5 Å². The molecule has 1 rings (SSSR count). The third-order valence-corrected chi connectivity index (χ3v) is 3.71. The van der Waals surface area contributed by atoms with Crippen LogP contribution in [-0.2, 0) is 4.74 Å². The molecule has 1 aliphatic heterocycles. The van der Waals surface area contributed by atoms with Gasteiger partial charge in [0.2, 0.25) is 0 Å². The highest BCUT2D eigenvalue weighted by Gasteiger charge is 2.30. The fourth-order valence-corrected chi connectivity index (χ4v) is 2.43. The maximum atomic E-state index is 5.47. The van der Waals surface area contributed by atoms with Crippen molar-refractivity contribution in [1.82, 2.24) is 5.32 Å². The highest BCUT2D eigenvalue weighted by atomic mass is 16.5. The second-order valence-electron chi connectivity index (χ2n) is 5.55.